The fourth-order valence-electron chi connectivity index (χ4n) is 3.95. The van der Waals surface area contributed by atoms with Gasteiger partial charge in [-0.05, 0) is 39.1 Å². The van der Waals surface area contributed by atoms with Crippen LogP contribution in [0.5, 0.6) is 5.75 Å². The summed E-state index contributed by atoms with van der Waals surface area (Å²) in [7, 11) is 1.77. The predicted molar refractivity (Wildman–Crippen MR) is 107 cm³/mol. The topological polar surface area (TPSA) is 48.2 Å². The zero-order valence-electron chi connectivity index (χ0n) is 15.8. The minimum Gasteiger partial charge on any atom is -0.486 e. The number of halogens is 3. The maximum absolute atomic E-state index is 14.8. The molecule has 28 heavy (non-hydrogen) atoms. The van der Waals surface area contributed by atoms with E-state index in [9.17, 15) is 13.6 Å². The van der Waals surface area contributed by atoms with Gasteiger partial charge in [0, 0.05) is 24.2 Å². The molecule has 150 valence electrons. The Labute approximate surface area is 167 Å². The van der Waals surface area contributed by atoms with Crippen molar-refractivity contribution >= 4 is 23.4 Å². The molecular weight excluding hydrogens is 388 g/mol. The number of aromatic nitrogens is 2. The Balaban J connectivity index is 0.00000225. The van der Waals surface area contributed by atoms with E-state index in [1.165, 1.54) is 22.8 Å². The van der Waals surface area contributed by atoms with Crippen LogP contribution in [0.2, 0.25) is 0 Å². The molecule has 2 aromatic carbocycles. The molecule has 5 nitrogen and oxygen atoms in total. The van der Waals surface area contributed by atoms with Gasteiger partial charge < -0.3 is 10.1 Å². The highest BCUT2D eigenvalue weighted by Crippen LogP contribution is 2.40. The summed E-state index contributed by atoms with van der Waals surface area (Å²) in [6.45, 7) is 4.20. The van der Waals surface area contributed by atoms with E-state index < -0.39 is 23.8 Å². The van der Waals surface area contributed by atoms with Gasteiger partial charge in [0.15, 0.2) is 0 Å². The van der Waals surface area contributed by atoms with E-state index in [0.29, 0.717) is 23.4 Å². The highest BCUT2D eigenvalue weighted by Gasteiger charge is 2.38. The van der Waals surface area contributed by atoms with E-state index in [1.807, 2.05) is 13.8 Å². The van der Waals surface area contributed by atoms with Crippen molar-refractivity contribution in [1.82, 2.24) is 14.5 Å². The lowest BCUT2D eigenvalue weighted by molar-refractivity contribution is 0.191. The second kappa shape index (κ2) is 7.56. The van der Waals surface area contributed by atoms with Crippen molar-refractivity contribution in [2.45, 2.75) is 32.0 Å². The molecule has 1 N–H and O–H groups in total. The second-order valence-corrected chi connectivity index (χ2v) is 7.06. The fourth-order valence-corrected chi connectivity index (χ4v) is 3.95. The Morgan fingerprint density at radius 1 is 1.21 bits per heavy atom. The van der Waals surface area contributed by atoms with Crippen LogP contribution in [-0.2, 0) is 0 Å². The van der Waals surface area contributed by atoms with Crippen LogP contribution in [0.1, 0.15) is 31.5 Å². The van der Waals surface area contributed by atoms with Crippen molar-refractivity contribution in [3.63, 3.8) is 0 Å². The number of likely N-dealkylation sites (N-methyl/N-ethyl adjacent to an activating group) is 1. The van der Waals surface area contributed by atoms with Gasteiger partial charge in [-0.15, -0.1) is 12.4 Å². The maximum Gasteiger partial charge on any atom is 0.330 e. The van der Waals surface area contributed by atoms with Crippen molar-refractivity contribution in [3.05, 3.63) is 64.1 Å². The van der Waals surface area contributed by atoms with Crippen molar-refractivity contribution < 1.29 is 13.5 Å². The Hall–Kier alpha value is -2.38. The number of imidazole rings is 1. The molecule has 0 bridgehead atoms. The number of ether oxygens (including phenoxy) is 1. The molecule has 0 radical (unpaired) electrons. The van der Waals surface area contributed by atoms with Crippen molar-refractivity contribution in [2.75, 3.05) is 13.6 Å². The number of benzene rings is 2. The third-order valence-electron chi connectivity index (χ3n) is 5.00. The van der Waals surface area contributed by atoms with E-state index in [1.54, 1.807) is 29.8 Å². The zero-order valence-corrected chi connectivity index (χ0v) is 16.6. The summed E-state index contributed by atoms with van der Waals surface area (Å²) in [5, 5.41) is 3.04. The molecule has 8 heteroatoms. The highest BCUT2D eigenvalue weighted by molar-refractivity contribution is 5.85. The number of rotatable bonds is 4. The zero-order chi connectivity index (χ0) is 19.3. The number of nitrogens with zero attached hydrogens (tertiary/aromatic N) is 2. The first-order valence-corrected chi connectivity index (χ1v) is 8.95. The first kappa shape index (κ1) is 20.4. The van der Waals surface area contributed by atoms with Gasteiger partial charge in [-0.3, -0.25) is 9.13 Å². The third-order valence-corrected chi connectivity index (χ3v) is 5.00. The summed E-state index contributed by atoms with van der Waals surface area (Å²) in [4.78, 5) is 13.3. The molecule has 0 amide bonds. The average Bonchev–Trinajstić information content (AvgIpc) is 3.09. The SMILES string of the molecule is CNC[C@@H]1Oc2cc(F)ccc2[C@H]1n1c(=O)n(C(C)C)c2cccc(F)c21.Cl. The Morgan fingerprint density at radius 2 is 1.96 bits per heavy atom. The molecule has 1 aliphatic heterocycles. The van der Waals surface area contributed by atoms with E-state index in [2.05, 4.69) is 5.32 Å². The van der Waals surface area contributed by atoms with Crippen LogP contribution >= 0.6 is 12.4 Å². The molecule has 3 aromatic rings. The number of hydrogen-bond donors (Lipinski definition) is 1. The first-order valence-electron chi connectivity index (χ1n) is 8.95. The standard InChI is InChI=1S/C20H21F2N3O2.ClH/c1-11(2)24-15-6-4-5-14(22)19(15)25(20(24)26)18-13-8-7-12(21)9-16(13)27-17(18)10-23-3;/h4-9,11,17-18,23H,10H2,1-3H3;1H/t17-,18+;/m0./s1. The molecule has 4 rings (SSSR count). The summed E-state index contributed by atoms with van der Waals surface area (Å²) in [6.07, 6.45) is -0.463. The van der Waals surface area contributed by atoms with Gasteiger partial charge in [-0.2, -0.15) is 0 Å². The van der Waals surface area contributed by atoms with E-state index in [-0.39, 0.29) is 29.7 Å². The molecule has 0 unspecified atom stereocenters. The van der Waals surface area contributed by atoms with E-state index in [4.69, 9.17) is 4.74 Å². The van der Waals surface area contributed by atoms with Gasteiger partial charge in [0.1, 0.15) is 35.0 Å². The summed E-state index contributed by atoms with van der Waals surface area (Å²) >= 11 is 0. The van der Waals surface area contributed by atoms with Crippen LogP contribution in [0.3, 0.4) is 0 Å². The lowest BCUT2D eigenvalue weighted by Gasteiger charge is -2.20. The number of para-hydroxylation sites is 1. The molecule has 1 aliphatic rings. The average molecular weight is 410 g/mol. The number of fused-ring (bicyclic) bond motifs is 2. The van der Waals surface area contributed by atoms with Crippen LogP contribution in [0.4, 0.5) is 8.78 Å². The van der Waals surface area contributed by atoms with Crippen LogP contribution in [-0.4, -0.2) is 28.8 Å². The van der Waals surface area contributed by atoms with Gasteiger partial charge in [0.05, 0.1) is 5.52 Å². The molecular formula is C20H22ClF2N3O2. The van der Waals surface area contributed by atoms with E-state index >= 15 is 0 Å². The quantitative estimate of drug-likeness (QED) is 0.715. The monoisotopic (exact) mass is 409 g/mol. The Kier molecular flexibility index (Phi) is 5.50. The van der Waals surface area contributed by atoms with Gasteiger partial charge in [0.2, 0.25) is 0 Å². The third kappa shape index (κ3) is 2.99. The molecule has 1 aromatic heterocycles. The lowest BCUT2D eigenvalue weighted by Crippen LogP contribution is -2.38. The molecule has 2 atom stereocenters. The smallest absolute Gasteiger partial charge is 0.330 e. The summed E-state index contributed by atoms with van der Waals surface area (Å²) in [5.74, 6) is -0.502. The number of nitrogens with one attached hydrogen (secondary N) is 1. The van der Waals surface area contributed by atoms with Crippen molar-refractivity contribution in [1.29, 1.82) is 0 Å². The van der Waals surface area contributed by atoms with Crippen LogP contribution in [0.15, 0.2) is 41.2 Å². The highest BCUT2D eigenvalue weighted by atomic mass is 35.5. The summed E-state index contributed by atoms with van der Waals surface area (Å²) in [5.41, 5.74) is 1.14. The molecule has 0 saturated heterocycles. The van der Waals surface area contributed by atoms with Gasteiger partial charge >= 0.3 is 5.69 Å². The van der Waals surface area contributed by atoms with Crippen molar-refractivity contribution in [2.24, 2.45) is 0 Å². The summed E-state index contributed by atoms with van der Waals surface area (Å²) in [6, 6.07) is 8.24. The van der Waals surface area contributed by atoms with Gasteiger partial charge in [0.25, 0.3) is 0 Å². The summed E-state index contributed by atoms with van der Waals surface area (Å²) < 4.78 is 37.5. The van der Waals surface area contributed by atoms with E-state index in [0.717, 1.165) is 0 Å². The number of hydrogen-bond acceptors (Lipinski definition) is 3. The van der Waals surface area contributed by atoms with Crippen LogP contribution in [0, 0.1) is 11.6 Å². The predicted octanol–water partition coefficient (Wildman–Crippen LogP) is 3.65. The molecule has 0 fully saturated rings. The minimum atomic E-state index is -0.556. The lowest BCUT2D eigenvalue weighted by atomic mass is 10.0. The van der Waals surface area contributed by atoms with Crippen LogP contribution in [0.25, 0.3) is 11.0 Å². The fraction of sp³-hybridized carbons (Fsp3) is 0.350. The minimum absolute atomic E-state index is 0. The Morgan fingerprint density at radius 3 is 2.64 bits per heavy atom. The van der Waals surface area contributed by atoms with Crippen molar-refractivity contribution in [3.8, 4) is 5.75 Å². The molecule has 0 spiro atoms. The largest absolute Gasteiger partial charge is 0.486 e. The maximum atomic E-state index is 14.8. The first-order chi connectivity index (χ1) is 12.9. The van der Waals surface area contributed by atoms with Crippen LogP contribution < -0.4 is 15.7 Å². The van der Waals surface area contributed by atoms with Gasteiger partial charge in [-0.1, -0.05) is 12.1 Å². The molecule has 2 heterocycles. The second-order valence-electron chi connectivity index (χ2n) is 7.06. The molecule has 0 saturated carbocycles. The normalized spacial score (nSPS) is 18.2. The molecule has 0 aliphatic carbocycles. The Bertz CT molecular complexity index is 1080. The van der Waals surface area contributed by atoms with Gasteiger partial charge in [-0.25, -0.2) is 13.6 Å².